The van der Waals surface area contributed by atoms with Gasteiger partial charge in [-0.25, -0.2) is 0 Å². The second-order valence-electron chi connectivity index (χ2n) is 9.54. The van der Waals surface area contributed by atoms with Gasteiger partial charge in [0.05, 0.1) is 5.41 Å². The van der Waals surface area contributed by atoms with Gasteiger partial charge in [0.25, 0.3) is 0 Å². The zero-order valence-corrected chi connectivity index (χ0v) is 17.0. The monoisotopic (exact) mass is 368 g/mol. The van der Waals surface area contributed by atoms with E-state index >= 15 is 0 Å². The van der Waals surface area contributed by atoms with E-state index in [1.165, 1.54) is 11.1 Å². The molecule has 0 radical (unpaired) electrons. The van der Waals surface area contributed by atoms with Crippen LogP contribution in [-0.2, 0) is 16.1 Å². The molecule has 3 fully saturated rings. The van der Waals surface area contributed by atoms with Gasteiger partial charge in [0.15, 0.2) is 0 Å². The van der Waals surface area contributed by atoms with Crippen molar-refractivity contribution >= 4 is 11.8 Å². The molecule has 0 aromatic heterocycles. The second kappa shape index (κ2) is 6.65. The summed E-state index contributed by atoms with van der Waals surface area (Å²) >= 11 is 0. The number of benzene rings is 1. The van der Waals surface area contributed by atoms with Crippen LogP contribution in [-0.4, -0.2) is 41.2 Å². The van der Waals surface area contributed by atoms with Crippen molar-refractivity contribution in [3.05, 3.63) is 35.4 Å². The van der Waals surface area contributed by atoms with Crippen molar-refractivity contribution < 1.29 is 9.59 Å². The van der Waals surface area contributed by atoms with Crippen molar-refractivity contribution in [3.63, 3.8) is 0 Å². The SMILES string of the molecule is CC(C)c1ccc(CN2CCCC3(CCN(C(=O)C4(C)CC4)C3)C2=O)cc1. The van der Waals surface area contributed by atoms with Crippen molar-refractivity contribution in [3.8, 4) is 0 Å². The molecule has 4 rings (SSSR count). The van der Waals surface area contributed by atoms with Crippen LogP contribution < -0.4 is 0 Å². The molecular formula is C23H32N2O2. The molecule has 1 unspecified atom stereocenters. The van der Waals surface area contributed by atoms with Gasteiger partial charge >= 0.3 is 0 Å². The minimum atomic E-state index is -0.336. The molecule has 2 heterocycles. The van der Waals surface area contributed by atoms with Crippen LogP contribution in [0.15, 0.2) is 24.3 Å². The summed E-state index contributed by atoms with van der Waals surface area (Å²) in [7, 11) is 0. The number of rotatable bonds is 4. The molecule has 1 saturated carbocycles. The minimum absolute atomic E-state index is 0.138. The molecular weight excluding hydrogens is 336 g/mol. The number of hydrogen-bond donors (Lipinski definition) is 0. The first kappa shape index (κ1) is 18.5. The molecule has 3 aliphatic rings. The quantitative estimate of drug-likeness (QED) is 0.807. The summed E-state index contributed by atoms with van der Waals surface area (Å²) in [5.41, 5.74) is 2.05. The van der Waals surface area contributed by atoms with Gasteiger partial charge in [-0.1, -0.05) is 45.0 Å². The Kier molecular flexibility index (Phi) is 4.56. The van der Waals surface area contributed by atoms with E-state index in [1.807, 2.05) is 9.80 Å². The molecule has 1 spiro atoms. The average molecular weight is 369 g/mol. The molecule has 0 N–H and O–H groups in total. The Labute approximate surface area is 162 Å². The first-order chi connectivity index (χ1) is 12.8. The first-order valence-corrected chi connectivity index (χ1v) is 10.5. The molecule has 27 heavy (non-hydrogen) atoms. The van der Waals surface area contributed by atoms with Crippen LogP contribution >= 0.6 is 0 Å². The van der Waals surface area contributed by atoms with Gasteiger partial charge in [-0.3, -0.25) is 9.59 Å². The molecule has 2 saturated heterocycles. The van der Waals surface area contributed by atoms with Crippen LogP contribution in [0.5, 0.6) is 0 Å². The summed E-state index contributed by atoms with van der Waals surface area (Å²) < 4.78 is 0. The molecule has 0 bridgehead atoms. The second-order valence-corrected chi connectivity index (χ2v) is 9.54. The van der Waals surface area contributed by atoms with Gasteiger partial charge in [-0.05, 0) is 49.1 Å². The number of piperidine rings is 1. The van der Waals surface area contributed by atoms with E-state index in [1.54, 1.807) is 0 Å². The summed E-state index contributed by atoms with van der Waals surface area (Å²) in [6.07, 6.45) is 4.80. The van der Waals surface area contributed by atoms with E-state index in [0.29, 0.717) is 19.0 Å². The zero-order valence-electron chi connectivity index (χ0n) is 17.0. The van der Waals surface area contributed by atoms with Gasteiger partial charge in [-0.15, -0.1) is 0 Å². The maximum absolute atomic E-state index is 13.4. The average Bonchev–Trinajstić information content (AvgIpc) is 3.26. The topological polar surface area (TPSA) is 40.6 Å². The molecule has 1 atom stereocenters. The zero-order chi connectivity index (χ0) is 19.2. The highest BCUT2D eigenvalue weighted by Gasteiger charge is 2.54. The van der Waals surface area contributed by atoms with Gasteiger partial charge in [-0.2, -0.15) is 0 Å². The van der Waals surface area contributed by atoms with Crippen LogP contribution in [0, 0.1) is 10.8 Å². The third-order valence-electron chi connectivity index (χ3n) is 7.00. The summed E-state index contributed by atoms with van der Waals surface area (Å²) in [4.78, 5) is 30.1. The highest BCUT2D eigenvalue weighted by atomic mass is 16.2. The van der Waals surface area contributed by atoms with Crippen LogP contribution in [0.25, 0.3) is 0 Å². The molecule has 2 aliphatic heterocycles. The normalized spacial score (nSPS) is 26.9. The van der Waals surface area contributed by atoms with Gasteiger partial charge in [0, 0.05) is 31.6 Å². The summed E-state index contributed by atoms with van der Waals surface area (Å²) in [5.74, 6) is 1.06. The minimum Gasteiger partial charge on any atom is -0.341 e. The number of hydrogen-bond acceptors (Lipinski definition) is 2. The lowest BCUT2D eigenvalue weighted by molar-refractivity contribution is -0.147. The lowest BCUT2D eigenvalue weighted by Gasteiger charge is -2.39. The Morgan fingerprint density at radius 1 is 1.07 bits per heavy atom. The van der Waals surface area contributed by atoms with Crippen LogP contribution in [0.2, 0.25) is 0 Å². The number of likely N-dealkylation sites (tertiary alicyclic amines) is 2. The Morgan fingerprint density at radius 2 is 1.78 bits per heavy atom. The predicted molar refractivity (Wildman–Crippen MR) is 106 cm³/mol. The summed E-state index contributed by atoms with van der Waals surface area (Å²) in [6.45, 7) is 9.35. The molecule has 4 nitrogen and oxygen atoms in total. The van der Waals surface area contributed by atoms with E-state index < -0.39 is 0 Å². The molecule has 146 valence electrons. The Morgan fingerprint density at radius 3 is 2.41 bits per heavy atom. The molecule has 2 amide bonds. The lowest BCUT2D eigenvalue weighted by atomic mass is 9.78. The highest BCUT2D eigenvalue weighted by Crippen LogP contribution is 2.49. The number of amides is 2. The maximum Gasteiger partial charge on any atom is 0.230 e. The van der Waals surface area contributed by atoms with Crippen molar-refractivity contribution in [2.45, 2.75) is 65.3 Å². The summed E-state index contributed by atoms with van der Waals surface area (Å²) in [6, 6.07) is 8.66. The largest absolute Gasteiger partial charge is 0.341 e. The van der Waals surface area contributed by atoms with E-state index in [0.717, 1.165) is 45.2 Å². The fourth-order valence-electron chi connectivity index (χ4n) is 4.74. The molecule has 1 aromatic carbocycles. The Hall–Kier alpha value is -1.84. The van der Waals surface area contributed by atoms with Crippen molar-refractivity contribution in [2.75, 3.05) is 19.6 Å². The lowest BCUT2D eigenvalue weighted by Crippen LogP contribution is -2.50. The van der Waals surface area contributed by atoms with E-state index in [9.17, 15) is 9.59 Å². The molecule has 1 aliphatic carbocycles. The van der Waals surface area contributed by atoms with Crippen molar-refractivity contribution in [2.24, 2.45) is 10.8 Å². The van der Waals surface area contributed by atoms with Gasteiger partial charge in [0.1, 0.15) is 0 Å². The van der Waals surface area contributed by atoms with Crippen molar-refractivity contribution in [1.29, 1.82) is 0 Å². The smallest absolute Gasteiger partial charge is 0.230 e. The van der Waals surface area contributed by atoms with Crippen LogP contribution in [0.3, 0.4) is 0 Å². The fourth-order valence-corrected chi connectivity index (χ4v) is 4.74. The Balaban J connectivity index is 1.44. The maximum atomic E-state index is 13.4. The van der Waals surface area contributed by atoms with Crippen LogP contribution in [0.4, 0.5) is 0 Å². The van der Waals surface area contributed by atoms with Crippen molar-refractivity contribution in [1.82, 2.24) is 9.80 Å². The number of nitrogens with zero attached hydrogens (tertiary/aromatic N) is 2. The van der Waals surface area contributed by atoms with E-state index in [-0.39, 0.29) is 22.6 Å². The van der Waals surface area contributed by atoms with E-state index in [2.05, 4.69) is 45.0 Å². The molecule has 4 heteroatoms. The van der Waals surface area contributed by atoms with E-state index in [4.69, 9.17) is 0 Å². The molecule has 1 aromatic rings. The van der Waals surface area contributed by atoms with Crippen LogP contribution in [0.1, 0.15) is 69.9 Å². The summed E-state index contributed by atoms with van der Waals surface area (Å²) in [5, 5.41) is 0. The number of carbonyl (C=O) groups is 2. The number of carbonyl (C=O) groups excluding carboxylic acids is 2. The standard InChI is InChI=1S/C23H32N2O2/c1-17(2)19-7-5-18(6-8-19)15-24-13-4-9-23(21(24)27)12-14-25(16-23)20(26)22(3)10-11-22/h5-8,17H,4,9-16H2,1-3H3. The predicted octanol–water partition coefficient (Wildman–Crippen LogP) is 3.95. The third-order valence-corrected chi connectivity index (χ3v) is 7.00. The first-order valence-electron chi connectivity index (χ1n) is 10.5. The van der Waals surface area contributed by atoms with Gasteiger partial charge in [0.2, 0.25) is 11.8 Å². The Bertz CT molecular complexity index is 735. The third kappa shape index (κ3) is 3.39. The van der Waals surface area contributed by atoms with Gasteiger partial charge < -0.3 is 9.80 Å². The fraction of sp³-hybridized carbons (Fsp3) is 0.652. The highest BCUT2D eigenvalue weighted by molar-refractivity contribution is 5.88.